The lowest BCUT2D eigenvalue weighted by molar-refractivity contribution is -0.385. The molecule has 6 nitrogen and oxygen atoms in total. The van der Waals surface area contributed by atoms with Gasteiger partial charge in [0.25, 0.3) is 0 Å². The number of benzene rings is 3. The van der Waals surface area contributed by atoms with E-state index in [0.29, 0.717) is 5.56 Å². The van der Waals surface area contributed by atoms with Gasteiger partial charge in [0.15, 0.2) is 5.75 Å². The molecule has 1 aliphatic heterocycles. The van der Waals surface area contributed by atoms with E-state index in [1.54, 1.807) is 6.07 Å². The molecule has 0 fully saturated rings. The molecule has 0 unspecified atom stereocenters. The van der Waals surface area contributed by atoms with Crippen LogP contribution in [0.15, 0.2) is 54.6 Å². The molecule has 2 heterocycles. The highest BCUT2D eigenvalue weighted by atomic mass is 16.6. The van der Waals surface area contributed by atoms with Crippen LogP contribution in [0.1, 0.15) is 24.5 Å². The second-order valence-electron chi connectivity index (χ2n) is 8.09. The summed E-state index contributed by atoms with van der Waals surface area (Å²) in [5.41, 5.74) is 4.43. The summed E-state index contributed by atoms with van der Waals surface area (Å²) in [7, 11) is 0. The summed E-state index contributed by atoms with van der Waals surface area (Å²) in [4.78, 5) is 18.3. The Hall–Kier alpha value is -3.51. The van der Waals surface area contributed by atoms with Gasteiger partial charge in [-0.1, -0.05) is 37.3 Å². The van der Waals surface area contributed by atoms with Gasteiger partial charge in [-0.3, -0.25) is 15.0 Å². The third-order valence-corrected chi connectivity index (χ3v) is 6.14. The number of phenols is 1. The lowest BCUT2D eigenvalue weighted by atomic mass is 9.89. The van der Waals surface area contributed by atoms with Crippen LogP contribution >= 0.6 is 0 Å². The van der Waals surface area contributed by atoms with Gasteiger partial charge < -0.3 is 5.11 Å². The molecular formula is C25H23N3O3. The molecule has 1 aromatic heterocycles. The van der Waals surface area contributed by atoms with Crippen LogP contribution in [0.4, 0.5) is 5.69 Å². The number of nitro benzene ring substituents is 1. The monoisotopic (exact) mass is 413 g/mol. The summed E-state index contributed by atoms with van der Waals surface area (Å²) in [6.45, 7) is 4.92. The predicted molar refractivity (Wildman–Crippen MR) is 122 cm³/mol. The molecule has 31 heavy (non-hydrogen) atoms. The van der Waals surface area contributed by atoms with Crippen molar-refractivity contribution in [2.45, 2.75) is 26.3 Å². The van der Waals surface area contributed by atoms with Crippen LogP contribution in [0.5, 0.6) is 5.75 Å². The van der Waals surface area contributed by atoms with Crippen molar-refractivity contribution in [3.05, 3.63) is 75.8 Å². The fraction of sp³-hybridized carbons (Fsp3) is 0.240. The minimum absolute atomic E-state index is 0.298. The Bertz CT molecular complexity index is 1330. The van der Waals surface area contributed by atoms with Crippen molar-refractivity contribution >= 4 is 27.4 Å². The molecule has 4 aromatic rings. The molecule has 1 N–H and O–H groups in total. The number of hydrogen-bond acceptors (Lipinski definition) is 5. The lowest BCUT2D eigenvalue weighted by Crippen LogP contribution is -2.32. The zero-order valence-electron chi connectivity index (χ0n) is 17.3. The predicted octanol–water partition coefficient (Wildman–Crippen LogP) is 5.44. The van der Waals surface area contributed by atoms with Gasteiger partial charge in [-0.15, -0.1) is 0 Å². The van der Waals surface area contributed by atoms with Crippen molar-refractivity contribution in [3.8, 4) is 17.0 Å². The Labute approximate surface area is 179 Å². The highest BCUT2D eigenvalue weighted by Gasteiger charge is 2.25. The third kappa shape index (κ3) is 3.29. The van der Waals surface area contributed by atoms with Gasteiger partial charge in [0.05, 0.1) is 16.1 Å². The van der Waals surface area contributed by atoms with Gasteiger partial charge in [-0.2, -0.15) is 0 Å². The molecule has 0 aliphatic carbocycles. The van der Waals surface area contributed by atoms with Gasteiger partial charge >= 0.3 is 5.69 Å². The SMILES string of the molecule is CCCN1CCc2c(c(-c3ccc(O)c([N+](=O)[O-])c3)nc3ccc4ccccc4c23)C1. The molecule has 156 valence electrons. The Morgan fingerprint density at radius 3 is 2.77 bits per heavy atom. The number of rotatable bonds is 4. The van der Waals surface area contributed by atoms with E-state index < -0.39 is 4.92 Å². The summed E-state index contributed by atoms with van der Waals surface area (Å²) < 4.78 is 0. The van der Waals surface area contributed by atoms with Crippen LogP contribution in [-0.2, 0) is 13.0 Å². The van der Waals surface area contributed by atoms with E-state index in [0.717, 1.165) is 49.2 Å². The van der Waals surface area contributed by atoms with Gasteiger partial charge in [0.2, 0.25) is 0 Å². The first-order valence-corrected chi connectivity index (χ1v) is 10.6. The summed E-state index contributed by atoms with van der Waals surface area (Å²) in [5, 5.41) is 24.9. The number of aromatic nitrogens is 1. The van der Waals surface area contributed by atoms with Crippen molar-refractivity contribution < 1.29 is 10.0 Å². The summed E-state index contributed by atoms with van der Waals surface area (Å²) in [5.74, 6) is -0.331. The molecular weight excluding hydrogens is 390 g/mol. The number of fused-ring (bicyclic) bond motifs is 5. The normalized spacial score (nSPS) is 14.1. The van der Waals surface area contributed by atoms with Crippen LogP contribution < -0.4 is 0 Å². The Morgan fingerprint density at radius 1 is 1.13 bits per heavy atom. The number of hydrogen-bond donors (Lipinski definition) is 1. The van der Waals surface area contributed by atoms with E-state index in [4.69, 9.17) is 4.98 Å². The molecule has 5 rings (SSSR count). The number of nitro groups is 1. The lowest BCUT2D eigenvalue weighted by Gasteiger charge is -2.31. The standard InChI is InChI=1S/C25H23N3O3/c1-2-12-27-13-11-19-20(15-27)25(17-8-10-23(29)22(14-17)28(30)31)26-21-9-7-16-5-3-4-6-18(16)24(19)21/h3-10,14,29H,2,11-13,15H2,1H3. The molecule has 0 saturated carbocycles. The van der Waals surface area contributed by atoms with Crippen molar-refractivity contribution in [2.24, 2.45) is 0 Å². The second-order valence-corrected chi connectivity index (χ2v) is 8.09. The smallest absolute Gasteiger partial charge is 0.311 e. The fourth-order valence-electron chi connectivity index (χ4n) is 4.73. The van der Waals surface area contributed by atoms with Gasteiger partial charge in [0, 0.05) is 30.1 Å². The number of aromatic hydroxyl groups is 1. The van der Waals surface area contributed by atoms with Crippen molar-refractivity contribution in [2.75, 3.05) is 13.1 Å². The molecule has 0 radical (unpaired) electrons. The van der Waals surface area contributed by atoms with Crippen molar-refractivity contribution in [1.29, 1.82) is 0 Å². The van der Waals surface area contributed by atoms with Crippen molar-refractivity contribution in [1.82, 2.24) is 9.88 Å². The number of phenolic OH excluding ortho intramolecular Hbond substituents is 1. The quantitative estimate of drug-likeness (QED) is 0.274. The molecule has 0 amide bonds. The van der Waals surface area contributed by atoms with Crippen molar-refractivity contribution in [3.63, 3.8) is 0 Å². The fourth-order valence-corrected chi connectivity index (χ4v) is 4.73. The summed E-state index contributed by atoms with van der Waals surface area (Å²) >= 11 is 0. The largest absolute Gasteiger partial charge is 0.502 e. The van der Waals surface area contributed by atoms with Crippen LogP contribution in [0.2, 0.25) is 0 Å². The minimum Gasteiger partial charge on any atom is -0.502 e. The zero-order chi connectivity index (χ0) is 21.5. The van der Waals surface area contributed by atoms with Crippen LogP contribution in [0.25, 0.3) is 32.9 Å². The minimum atomic E-state index is -0.552. The van der Waals surface area contributed by atoms with E-state index >= 15 is 0 Å². The average molecular weight is 413 g/mol. The maximum Gasteiger partial charge on any atom is 0.311 e. The molecule has 0 saturated heterocycles. The first-order valence-electron chi connectivity index (χ1n) is 10.6. The molecule has 3 aromatic carbocycles. The van der Waals surface area contributed by atoms with Gasteiger partial charge in [-0.25, -0.2) is 4.98 Å². The molecule has 0 spiro atoms. The Balaban J connectivity index is 1.81. The van der Waals surface area contributed by atoms with E-state index in [1.807, 2.05) is 12.1 Å². The van der Waals surface area contributed by atoms with Gasteiger partial charge in [-0.05, 0) is 59.5 Å². The van der Waals surface area contributed by atoms with E-state index in [2.05, 4.69) is 36.1 Å². The zero-order valence-corrected chi connectivity index (χ0v) is 17.3. The van der Waals surface area contributed by atoms with E-state index in [1.165, 1.54) is 33.9 Å². The van der Waals surface area contributed by atoms with Crippen LogP contribution in [0.3, 0.4) is 0 Å². The van der Waals surface area contributed by atoms with E-state index in [9.17, 15) is 15.2 Å². The summed E-state index contributed by atoms with van der Waals surface area (Å²) in [6.07, 6.45) is 1.98. The second kappa shape index (κ2) is 7.63. The Morgan fingerprint density at radius 2 is 1.97 bits per heavy atom. The maximum atomic E-state index is 11.4. The average Bonchev–Trinajstić information content (AvgIpc) is 2.78. The summed E-state index contributed by atoms with van der Waals surface area (Å²) in [6, 6.07) is 17.0. The first-order chi connectivity index (χ1) is 15.1. The topological polar surface area (TPSA) is 79.5 Å². The molecule has 6 heteroatoms. The highest BCUT2D eigenvalue weighted by Crippen LogP contribution is 2.39. The maximum absolute atomic E-state index is 11.4. The molecule has 0 atom stereocenters. The third-order valence-electron chi connectivity index (χ3n) is 6.14. The number of pyridine rings is 1. The first kappa shape index (κ1) is 19.5. The van der Waals surface area contributed by atoms with Gasteiger partial charge in [0.1, 0.15) is 0 Å². The molecule has 0 bridgehead atoms. The van der Waals surface area contributed by atoms with E-state index in [-0.39, 0.29) is 11.4 Å². The Kier molecular flexibility index (Phi) is 4.79. The number of nitrogens with zero attached hydrogens (tertiary/aromatic N) is 3. The van der Waals surface area contributed by atoms with Crippen LogP contribution in [-0.4, -0.2) is 33.0 Å². The van der Waals surface area contributed by atoms with Crippen LogP contribution in [0, 0.1) is 10.1 Å². The highest BCUT2D eigenvalue weighted by molar-refractivity contribution is 6.09. The molecule has 1 aliphatic rings.